The van der Waals surface area contributed by atoms with Gasteiger partial charge >= 0.3 is 5.69 Å². The summed E-state index contributed by atoms with van der Waals surface area (Å²) in [6, 6.07) is 0. The Morgan fingerprint density at radius 2 is 1.95 bits per heavy atom. The molecule has 0 aromatic carbocycles. The number of hydrogen-bond acceptors (Lipinski definition) is 4. The summed E-state index contributed by atoms with van der Waals surface area (Å²) in [4.78, 5) is 25.7. The van der Waals surface area contributed by atoms with Gasteiger partial charge in [-0.2, -0.15) is 0 Å². The molecule has 1 aliphatic carbocycles. The highest BCUT2D eigenvalue weighted by molar-refractivity contribution is 5.60. The van der Waals surface area contributed by atoms with E-state index in [1.807, 2.05) is 6.92 Å². The topological polar surface area (TPSA) is 92.9 Å². The maximum atomic E-state index is 11.8. The van der Waals surface area contributed by atoms with E-state index in [1.165, 1.54) is 30.3 Å². The highest BCUT2D eigenvalue weighted by Gasteiger charge is 2.19. The number of nitrogens with two attached hydrogens (primary N) is 1. The third-order valence-electron chi connectivity index (χ3n) is 4.26. The Bertz CT molecular complexity index is 568. The molecule has 0 atom stereocenters. The van der Waals surface area contributed by atoms with Crippen LogP contribution in [0.25, 0.3) is 0 Å². The standard InChI is InChI=1S/C14H24N4O2/c1-3-18-12(15)11(13(19)17-14(18)20)16-8-10-6-4-9(2)5-7-10/h9-10,16H,3-8,15H2,1-2H3,(H,17,19,20). The van der Waals surface area contributed by atoms with Crippen LogP contribution in [0.5, 0.6) is 0 Å². The van der Waals surface area contributed by atoms with Crippen molar-refractivity contribution >= 4 is 11.5 Å². The Morgan fingerprint density at radius 3 is 2.55 bits per heavy atom. The van der Waals surface area contributed by atoms with E-state index in [1.54, 1.807) is 0 Å². The number of H-pyrrole nitrogens is 1. The minimum Gasteiger partial charge on any atom is -0.383 e. The quantitative estimate of drug-likeness (QED) is 0.776. The molecule has 1 heterocycles. The van der Waals surface area contributed by atoms with Crippen molar-refractivity contribution in [2.45, 2.75) is 46.1 Å². The molecule has 1 aromatic rings. The van der Waals surface area contributed by atoms with E-state index >= 15 is 0 Å². The second kappa shape index (κ2) is 6.15. The summed E-state index contributed by atoms with van der Waals surface area (Å²) in [7, 11) is 0. The predicted octanol–water partition coefficient (Wildman–Crippen LogP) is 1.38. The van der Waals surface area contributed by atoms with Crippen LogP contribution in [0, 0.1) is 11.8 Å². The summed E-state index contributed by atoms with van der Waals surface area (Å²) in [6.45, 7) is 5.28. The van der Waals surface area contributed by atoms with Gasteiger partial charge in [-0.1, -0.05) is 19.8 Å². The Labute approximate surface area is 118 Å². The number of nitrogens with zero attached hydrogens (tertiary/aromatic N) is 1. The molecule has 0 saturated heterocycles. The normalized spacial score (nSPS) is 22.7. The van der Waals surface area contributed by atoms with E-state index in [0.717, 1.165) is 12.5 Å². The smallest absolute Gasteiger partial charge is 0.330 e. The van der Waals surface area contributed by atoms with E-state index in [4.69, 9.17) is 5.73 Å². The zero-order valence-electron chi connectivity index (χ0n) is 12.2. The number of rotatable bonds is 4. The first kappa shape index (κ1) is 14.7. The van der Waals surface area contributed by atoms with Crippen LogP contribution in [0.2, 0.25) is 0 Å². The molecule has 2 rings (SSSR count). The number of anilines is 2. The van der Waals surface area contributed by atoms with Crippen molar-refractivity contribution in [3.05, 3.63) is 20.8 Å². The molecule has 1 aromatic heterocycles. The fourth-order valence-corrected chi connectivity index (χ4v) is 2.85. The summed E-state index contributed by atoms with van der Waals surface area (Å²) >= 11 is 0. The molecule has 0 spiro atoms. The lowest BCUT2D eigenvalue weighted by Gasteiger charge is -2.26. The van der Waals surface area contributed by atoms with Crippen LogP contribution in [0.4, 0.5) is 11.5 Å². The molecule has 20 heavy (non-hydrogen) atoms. The summed E-state index contributed by atoms with van der Waals surface area (Å²) in [6.07, 6.45) is 4.85. The van der Waals surface area contributed by atoms with E-state index in [2.05, 4.69) is 17.2 Å². The average Bonchev–Trinajstić information content (AvgIpc) is 2.40. The molecule has 112 valence electrons. The number of hydrogen-bond donors (Lipinski definition) is 3. The van der Waals surface area contributed by atoms with Crippen molar-refractivity contribution in [1.82, 2.24) is 9.55 Å². The summed E-state index contributed by atoms with van der Waals surface area (Å²) in [5, 5.41) is 3.14. The Balaban J connectivity index is 2.10. The lowest BCUT2D eigenvalue weighted by molar-refractivity contribution is 0.300. The maximum Gasteiger partial charge on any atom is 0.330 e. The largest absolute Gasteiger partial charge is 0.383 e. The highest BCUT2D eigenvalue weighted by Crippen LogP contribution is 2.28. The predicted molar refractivity (Wildman–Crippen MR) is 81.0 cm³/mol. The van der Waals surface area contributed by atoms with Crippen molar-refractivity contribution in [2.24, 2.45) is 11.8 Å². The first-order chi connectivity index (χ1) is 9.52. The van der Waals surface area contributed by atoms with Crippen LogP contribution >= 0.6 is 0 Å². The number of aromatic amines is 1. The zero-order valence-corrected chi connectivity index (χ0v) is 12.2. The van der Waals surface area contributed by atoms with Gasteiger partial charge in [0.05, 0.1) is 0 Å². The third-order valence-corrected chi connectivity index (χ3v) is 4.26. The molecule has 6 nitrogen and oxygen atoms in total. The average molecular weight is 280 g/mol. The zero-order chi connectivity index (χ0) is 14.7. The number of nitrogens with one attached hydrogen (secondary N) is 2. The van der Waals surface area contributed by atoms with Gasteiger partial charge in [0.25, 0.3) is 5.56 Å². The second-order valence-corrected chi connectivity index (χ2v) is 5.77. The van der Waals surface area contributed by atoms with Crippen LogP contribution in [0.3, 0.4) is 0 Å². The van der Waals surface area contributed by atoms with Crippen LogP contribution in [0.15, 0.2) is 9.59 Å². The molecule has 0 amide bonds. The monoisotopic (exact) mass is 280 g/mol. The van der Waals surface area contributed by atoms with Crippen molar-refractivity contribution in [1.29, 1.82) is 0 Å². The highest BCUT2D eigenvalue weighted by atomic mass is 16.2. The minimum atomic E-state index is -0.452. The minimum absolute atomic E-state index is 0.227. The third kappa shape index (κ3) is 3.05. The van der Waals surface area contributed by atoms with Gasteiger partial charge < -0.3 is 11.1 Å². The molecular weight excluding hydrogens is 256 g/mol. The fraction of sp³-hybridized carbons (Fsp3) is 0.714. The summed E-state index contributed by atoms with van der Waals surface area (Å²) in [5.41, 5.74) is 5.36. The van der Waals surface area contributed by atoms with E-state index in [-0.39, 0.29) is 5.82 Å². The van der Waals surface area contributed by atoms with Gasteiger partial charge in [0, 0.05) is 13.1 Å². The molecule has 0 radical (unpaired) electrons. The van der Waals surface area contributed by atoms with Crippen LogP contribution < -0.4 is 22.3 Å². The van der Waals surface area contributed by atoms with E-state index in [9.17, 15) is 9.59 Å². The summed E-state index contributed by atoms with van der Waals surface area (Å²) in [5.74, 6) is 1.61. The van der Waals surface area contributed by atoms with Crippen molar-refractivity contribution in [3.63, 3.8) is 0 Å². The van der Waals surface area contributed by atoms with Crippen molar-refractivity contribution in [2.75, 3.05) is 17.6 Å². The van der Waals surface area contributed by atoms with Gasteiger partial charge in [-0.3, -0.25) is 14.3 Å². The Morgan fingerprint density at radius 1 is 1.30 bits per heavy atom. The molecule has 6 heteroatoms. The summed E-state index contributed by atoms with van der Waals surface area (Å²) < 4.78 is 1.37. The first-order valence-corrected chi connectivity index (χ1v) is 7.39. The van der Waals surface area contributed by atoms with Crippen LogP contribution in [-0.2, 0) is 6.54 Å². The fourth-order valence-electron chi connectivity index (χ4n) is 2.85. The van der Waals surface area contributed by atoms with Crippen LogP contribution in [-0.4, -0.2) is 16.1 Å². The van der Waals surface area contributed by atoms with Crippen molar-refractivity contribution < 1.29 is 0 Å². The van der Waals surface area contributed by atoms with E-state index in [0.29, 0.717) is 18.2 Å². The molecule has 1 saturated carbocycles. The molecular formula is C14H24N4O2. The van der Waals surface area contributed by atoms with Crippen molar-refractivity contribution in [3.8, 4) is 0 Å². The molecule has 1 fully saturated rings. The van der Waals surface area contributed by atoms with E-state index < -0.39 is 11.2 Å². The number of nitrogen functional groups attached to an aromatic ring is 1. The van der Waals surface area contributed by atoms with Gasteiger partial charge in [-0.25, -0.2) is 4.79 Å². The first-order valence-electron chi connectivity index (χ1n) is 7.39. The van der Waals surface area contributed by atoms with Gasteiger partial charge in [-0.15, -0.1) is 0 Å². The van der Waals surface area contributed by atoms with Gasteiger partial charge in [0.2, 0.25) is 0 Å². The lowest BCUT2D eigenvalue weighted by Crippen LogP contribution is -2.34. The molecule has 1 aliphatic rings. The Hall–Kier alpha value is -1.72. The SMILES string of the molecule is CCn1c(N)c(NCC2CCC(C)CC2)c(=O)[nH]c1=O. The molecule has 0 aliphatic heterocycles. The second-order valence-electron chi connectivity index (χ2n) is 5.77. The van der Waals surface area contributed by atoms with Crippen LogP contribution in [0.1, 0.15) is 39.5 Å². The van der Waals surface area contributed by atoms with Gasteiger partial charge in [0.1, 0.15) is 11.5 Å². The molecule has 0 bridgehead atoms. The lowest BCUT2D eigenvalue weighted by atomic mass is 9.83. The van der Waals surface area contributed by atoms with Gasteiger partial charge in [0.15, 0.2) is 0 Å². The molecule has 4 N–H and O–H groups in total. The number of aromatic nitrogens is 2. The Kier molecular flexibility index (Phi) is 4.52. The molecule has 0 unspecified atom stereocenters. The van der Waals surface area contributed by atoms with Gasteiger partial charge in [-0.05, 0) is 31.6 Å². The maximum absolute atomic E-state index is 11.8.